The van der Waals surface area contributed by atoms with Crippen molar-refractivity contribution in [1.82, 2.24) is 4.90 Å². The van der Waals surface area contributed by atoms with Gasteiger partial charge in [0.2, 0.25) is 5.91 Å². The summed E-state index contributed by atoms with van der Waals surface area (Å²) in [6.07, 6.45) is 3.49. The average molecular weight is 227 g/mol. The molecule has 0 aromatic carbocycles. The summed E-state index contributed by atoms with van der Waals surface area (Å²) in [5.74, 6) is 0.894. The van der Waals surface area contributed by atoms with Crippen LogP contribution in [0.4, 0.5) is 0 Å². The highest BCUT2D eigenvalue weighted by atomic mass is 16.5. The van der Waals surface area contributed by atoms with Gasteiger partial charge >= 0.3 is 0 Å². The highest BCUT2D eigenvalue weighted by molar-refractivity contribution is 5.77. The molecule has 0 bridgehead atoms. The minimum absolute atomic E-state index is 0.143. The molecule has 3 heteroatoms. The highest BCUT2D eigenvalue weighted by Gasteiger charge is 2.20. The Bertz CT molecular complexity index is 233. The Morgan fingerprint density at radius 3 is 2.62 bits per heavy atom. The molecule has 1 amide bonds. The van der Waals surface area contributed by atoms with Gasteiger partial charge in [0.1, 0.15) is 6.61 Å². The summed E-state index contributed by atoms with van der Waals surface area (Å²) in [7, 11) is 0. The predicted molar refractivity (Wildman–Crippen MR) is 65.3 cm³/mol. The van der Waals surface area contributed by atoms with Crippen molar-refractivity contribution < 1.29 is 9.53 Å². The van der Waals surface area contributed by atoms with Gasteiger partial charge in [0.15, 0.2) is 0 Å². The van der Waals surface area contributed by atoms with Crippen molar-refractivity contribution >= 4 is 5.91 Å². The third-order valence-corrected chi connectivity index (χ3v) is 3.00. The Kier molecular flexibility index (Phi) is 4.78. The average Bonchev–Trinajstić information content (AvgIpc) is 2.38. The van der Waals surface area contributed by atoms with E-state index in [-0.39, 0.29) is 18.1 Å². The number of rotatable bonds is 2. The third-order valence-electron chi connectivity index (χ3n) is 3.00. The molecule has 1 saturated heterocycles. The van der Waals surface area contributed by atoms with Gasteiger partial charge < -0.3 is 9.64 Å². The summed E-state index contributed by atoms with van der Waals surface area (Å²) >= 11 is 0. The van der Waals surface area contributed by atoms with Gasteiger partial charge in [0.25, 0.3) is 0 Å². The SMILES string of the molecule is CC1CCCN(C(=O)COC(C)(C)C)CC1. The summed E-state index contributed by atoms with van der Waals surface area (Å²) in [4.78, 5) is 13.9. The van der Waals surface area contributed by atoms with Crippen LogP contribution in [0.2, 0.25) is 0 Å². The number of nitrogens with zero attached hydrogens (tertiary/aromatic N) is 1. The van der Waals surface area contributed by atoms with Gasteiger partial charge in [-0.2, -0.15) is 0 Å². The zero-order valence-electron chi connectivity index (χ0n) is 11.1. The molecule has 0 aromatic rings. The normalized spacial score (nSPS) is 23.0. The van der Waals surface area contributed by atoms with Gasteiger partial charge in [-0.1, -0.05) is 6.92 Å². The van der Waals surface area contributed by atoms with Crippen LogP contribution in [-0.2, 0) is 9.53 Å². The van der Waals surface area contributed by atoms with E-state index in [1.165, 1.54) is 6.42 Å². The Labute approximate surface area is 99.1 Å². The van der Waals surface area contributed by atoms with Crippen molar-refractivity contribution in [3.05, 3.63) is 0 Å². The van der Waals surface area contributed by atoms with Crippen LogP contribution in [0.3, 0.4) is 0 Å². The van der Waals surface area contributed by atoms with E-state index in [1.54, 1.807) is 0 Å². The van der Waals surface area contributed by atoms with E-state index >= 15 is 0 Å². The first-order chi connectivity index (χ1) is 7.38. The topological polar surface area (TPSA) is 29.5 Å². The van der Waals surface area contributed by atoms with E-state index in [0.717, 1.165) is 31.8 Å². The van der Waals surface area contributed by atoms with Crippen molar-refractivity contribution in [2.24, 2.45) is 5.92 Å². The van der Waals surface area contributed by atoms with E-state index in [9.17, 15) is 4.79 Å². The Morgan fingerprint density at radius 1 is 1.31 bits per heavy atom. The fraction of sp³-hybridized carbons (Fsp3) is 0.923. The number of ether oxygens (including phenoxy) is 1. The second kappa shape index (κ2) is 5.67. The van der Waals surface area contributed by atoms with Gasteiger partial charge in [0, 0.05) is 13.1 Å². The van der Waals surface area contributed by atoms with Crippen molar-refractivity contribution in [2.45, 2.75) is 52.6 Å². The molecule has 0 N–H and O–H groups in total. The number of amides is 1. The molecular weight excluding hydrogens is 202 g/mol. The van der Waals surface area contributed by atoms with Crippen LogP contribution >= 0.6 is 0 Å². The maximum Gasteiger partial charge on any atom is 0.248 e. The fourth-order valence-corrected chi connectivity index (χ4v) is 1.88. The van der Waals surface area contributed by atoms with E-state index in [1.807, 2.05) is 25.7 Å². The lowest BCUT2D eigenvalue weighted by molar-refractivity contribution is -0.141. The van der Waals surface area contributed by atoms with Gasteiger partial charge in [-0.25, -0.2) is 0 Å². The second-order valence-corrected chi connectivity index (χ2v) is 5.82. The zero-order valence-corrected chi connectivity index (χ0v) is 11.1. The first-order valence-electron chi connectivity index (χ1n) is 6.30. The van der Waals surface area contributed by atoms with Crippen LogP contribution in [0.5, 0.6) is 0 Å². The minimum atomic E-state index is -0.227. The van der Waals surface area contributed by atoms with Gasteiger partial charge in [-0.15, -0.1) is 0 Å². The second-order valence-electron chi connectivity index (χ2n) is 5.82. The van der Waals surface area contributed by atoms with E-state index in [2.05, 4.69) is 6.92 Å². The largest absolute Gasteiger partial charge is 0.366 e. The number of hydrogen-bond donors (Lipinski definition) is 0. The number of likely N-dealkylation sites (tertiary alicyclic amines) is 1. The first kappa shape index (κ1) is 13.5. The lowest BCUT2D eigenvalue weighted by atomic mass is 10.0. The number of hydrogen-bond acceptors (Lipinski definition) is 2. The van der Waals surface area contributed by atoms with Crippen molar-refractivity contribution in [2.75, 3.05) is 19.7 Å². The van der Waals surface area contributed by atoms with Crippen LogP contribution in [0, 0.1) is 5.92 Å². The van der Waals surface area contributed by atoms with E-state index < -0.39 is 0 Å². The van der Waals surface area contributed by atoms with Gasteiger partial charge in [0.05, 0.1) is 5.60 Å². The van der Waals surface area contributed by atoms with Crippen molar-refractivity contribution in [1.29, 1.82) is 0 Å². The summed E-state index contributed by atoms with van der Waals surface area (Å²) in [6.45, 7) is 10.2. The molecule has 0 spiro atoms. The molecule has 0 saturated carbocycles. The summed E-state index contributed by atoms with van der Waals surface area (Å²) < 4.78 is 5.52. The Balaban J connectivity index is 2.35. The van der Waals surface area contributed by atoms with Gasteiger partial charge in [-0.05, 0) is 46.0 Å². The maximum absolute atomic E-state index is 11.9. The molecule has 94 valence electrons. The number of carbonyl (C=O) groups is 1. The molecular formula is C13H25NO2. The molecule has 16 heavy (non-hydrogen) atoms. The molecule has 3 nitrogen and oxygen atoms in total. The van der Waals surface area contributed by atoms with Crippen LogP contribution in [0.25, 0.3) is 0 Å². The van der Waals surface area contributed by atoms with Crippen molar-refractivity contribution in [3.8, 4) is 0 Å². The summed E-state index contributed by atoms with van der Waals surface area (Å²) in [6, 6.07) is 0. The Morgan fingerprint density at radius 2 is 2.00 bits per heavy atom. The molecule has 1 fully saturated rings. The standard InChI is InChI=1S/C13H25NO2/c1-11-6-5-8-14(9-7-11)12(15)10-16-13(2,3)4/h11H,5-10H2,1-4H3. The van der Waals surface area contributed by atoms with Crippen molar-refractivity contribution in [3.63, 3.8) is 0 Å². The molecule has 1 aliphatic rings. The molecule has 0 radical (unpaired) electrons. The lowest BCUT2D eigenvalue weighted by Crippen LogP contribution is -2.37. The van der Waals surface area contributed by atoms with Crippen LogP contribution in [0.1, 0.15) is 47.0 Å². The van der Waals surface area contributed by atoms with E-state index in [0.29, 0.717) is 0 Å². The van der Waals surface area contributed by atoms with Crippen LogP contribution < -0.4 is 0 Å². The van der Waals surface area contributed by atoms with E-state index in [4.69, 9.17) is 4.74 Å². The molecule has 1 heterocycles. The van der Waals surface area contributed by atoms with Crippen LogP contribution in [-0.4, -0.2) is 36.1 Å². The molecule has 0 aliphatic carbocycles. The molecule has 1 rings (SSSR count). The molecule has 1 unspecified atom stereocenters. The summed E-state index contributed by atoms with van der Waals surface area (Å²) in [5, 5.41) is 0. The van der Waals surface area contributed by atoms with Gasteiger partial charge in [-0.3, -0.25) is 4.79 Å². The zero-order chi connectivity index (χ0) is 12.2. The van der Waals surface area contributed by atoms with Crippen LogP contribution in [0.15, 0.2) is 0 Å². The minimum Gasteiger partial charge on any atom is -0.366 e. The Hall–Kier alpha value is -0.570. The smallest absolute Gasteiger partial charge is 0.248 e. The fourth-order valence-electron chi connectivity index (χ4n) is 1.88. The monoisotopic (exact) mass is 227 g/mol. The lowest BCUT2D eigenvalue weighted by Gasteiger charge is -2.24. The highest BCUT2D eigenvalue weighted by Crippen LogP contribution is 2.17. The predicted octanol–water partition coefficient (Wildman–Crippen LogP) is 2.45. The first-order valence-corrected chi connectivity index (χ1v) is 6.30. The summed E-state index contributed by atoms with van der Waals surface area (Å²) in [5.41, 5.74) is -0.227. The molecule has 1 atom stereocenters. The maximum atomic E-state index is 11.9. The quantitative estimate of drug-likeness (QED) is 0.725. The number of carbonyl (C=O) groups excluding carboxylic acids is 1. The molecule has 1 aliphatic heterocycles. The third kappa shape index (κ3) is 4.97. The molecule has 0 aromatic heterocycles.